The minimum Gasteiger partial charge on any atom is -0.354 e. The molecule has 1 saturated heterocycles. The maximum atomic E-state index is 11.7. The molecule has 0 aromatic carbocycles. The van der Waals surface area contributed by atoms with Gasteiger partial charge in [-0.3, -0.25) is 9.48 Å². The largest absolute Gasteiger partial charge is 0.354 e. The highest BCUT2D eigenvalue weighted by atomic mass is 35.5. The van der Waals surface area contributed by atoms with Crippen molar-refractivity contribution in [3.8, 4) is 0 Å². The summed E-state index contributed by atoms with van der Waals surface area (Å²) < 4.78 is 1.75. The van der Waals surface area contributed by atoms with Gasteiger partial charge in [0.2, 0.25) is 5.91 Å². The van der Waals surface area contributed by atoms with Crippen LogP contribution in [0.4, 0.5) is 0 Å². The zero-order valence-corrected chi connectivity index (χ0v) is 12.9. The number of aromatic nitrogens is 2. The summed E-state index contributed by atoms with van der Waals surface area (Å²) in [6.07, 6.45) is 1.15. The number of amides is 1. The topological polar surface area (TPSA) is 59.0 Å². The van der Waals surface area contributed by atoms with Crippen molar-refractivity contribution in [2.75, 3.05) is 19.6 Å². The SMILES string of the molecule is Cc1cc(C)n(CC(=O)NCC2CCNC2)n1.Cl.Cl. The molecule has 0 spiro atoms. The molecule has 1 unspecified atom stereocenters. The van der Waals surface area contributed by atoms with Crippen LogP contribution in [0.1, 0.15) is 17.8 Å². The number of rotatable bonds is 4. The van der Waals surface area contributed by atoms with Gasteiger partial charge in [0.15, 0.2) is 0 Å². The van der Waals surface area contributed by atoms with Crippen LogP contribution in [0.2, 0.25) is 0 Å². The third-order valence-corrected chi connectivity index (χ3v) is 3.15. The van der Waals surface area contributed by atoms with Gasteiger partial charge in [-0.15, -0.1) is 24.8 Å². The lowest BCUT2D eigenvalue weighted by molar-refractivity contribution is -0.122. The van der Waals surface area contributed by atoms with Gasteiger partial charge in [0.25, 0.3) is 0 Å². The number of nitrogens with one attached hydrogen (secondary N) is 2. The summed E-state index contributed by atoms with van der Waals surface area (Å²) in [6.45, 7) is 7.07. The number of nitrogens with zero attached hydrogens (tertiary/aromatic N) is 2. The van der Waals surface area contributed by atoms with Crippen molar-refractivity contribution < 1.29 is 4.79 Å². The van der Waals surface area contributed by atoms with Gasteiger partial charge in [-0.25, -0.2) is 0 Å². The van der Waals surface area contributed by atoms with Gasteiger partial charge in [-0.2, -0.15) is 5.10 Å². The first-order valence-corrected chi connectivity index (χ1v) is 6.13. The first kappa shape index (κ1) is 18.2. The van der Waals surface area contributed by atoms with Crippen molar-refractivity contribution in [3.05, 3.63) is 17.5 Å². The second-order valence-corrected chi connectivity index (χ2v) is 4.75. The van der Waals surface area contributed by atoms with Crippen LogP contribution in [0.5, 0.6) is 0 Å². The Kier molecular flexibility index (Phi) is 8.06. The molecule has 2 N–H and O–H groups in total. The van der Waals surface area contributed by atoms with Crippen molar-refractivity contribution in [3.63, 3.8) is 0 Å². The van der Waals surface area contributed by atoms with E-state index in [-0.39, 0.29) is 30.7 Å². The molecular weight excluding hydrogens is 287 g/mol. The van der Waals surface area contributed by atoms with E-state index in [1.165, 1.54) is 0 Å². The first-order chi connectivity index (χ1) is 8.15. The van der Waals surface area contributed by atoms with Crippen LogP contribution in [-0.2, 0) is 11.3 Å². The smallest absolute Gasteiger partial charge is 0.241 e. The minimum absolute atomic E-state index is 0. The van der Waals surface area contributed by atoms with Gasteiger partial charge in [0.05, 0.1) is 5.69 Å². The molecule has 5 nitrogen and oxygen atoms in total. The highest BCUT2D eigenvalue weighted by Gasteiger charge is 2.15. The number of halogens is 2. The summed E-state index contributed by atoms with van der Waals surface area (Å²) in [6, 6.07) is 1.98. The summed E-state index contributed by atoms with van der Waals surface area (Å²) >= 11 is 0. The van der Waals surface area contributed by atoms with Crippen LogP contribution in [0.25, 0.3) is 0 Å². The monoisotopic (exact) mass is 308 g/mol. The Morgan fingerprint density at radius 1 is 1.53 bits per heavy atom. The van der Waals surface area contributed by atoms with E-state index in [2.05, 4.69) is 15.7 Å². The Hall–Kier alpha value is -0.780. The van der Waals surface area contributed by atoms with Crippen molar-refractivity contribution in [1.82, 2.24) is 20.4 Å². The van der Waals surface area contributed by atoms with Gasteiger partial charge in [0, 0.05) is 12.2 Å². The Morgan fingerprint density at radius 2 is 2.26 bits per heavy atom. The van der Waals surface area contributed by atoms with E-state index < -0.39 is 0 Å². The van der Waals surface area contributed by atoms with Crippen molar-refractivity contribution in [2.24, 2.45) is 5.92 Å². The zero-order chi connectivity index (χ0) is 12.3. The predicted octanol–water partition coefficient (Wildman–Crippen LogP) is 1.07. The Bertz CT molecular complexity index is 402. The molecule has 1 fully saturated rings. The number of hydrogen-bond donors (Lipinski definition) is 2. The lowest BCUT2D eigenvalue weighted by Crippen LogP contribution is -2.33. The molecule has 0 bridgehead atoms. The quantitative estimate of drug-likeness (QED) is 0.875. The Labute approximate surface area is 126 Å². The fraction of sp³-hybridized carbons (Fsp3) is 0.667. The van der Waals surface area contributed by atoms with Crippen LogP contribution >= 0.6 is 24.8 Å². The number of carbonyl (C=O) groups is 1. The third kappa shape index (κ3) is 5.38. The summed E-state index contributed by atoms with van der Waals surface area (Å²) in [5, 5.41) is 10.5. The standard InChI is InChI=1S/C12H20N4O.2ClH/c1-9-5-10(2)16(15-9)8-12(17)14-7-11-3-4-13-6-11;;/h5,11,13H,3-4,6-8H2,1-2H3,(H,14,17);2*1H. The molecule has 1 amide bonds. The van der Waals surface area contributed by atoms with Crippen LogP contribution in [0.3, 0.4) is 0 Å². The average Bonchev–Trinajstić information content (AvgIpc) is 2.87. The second kappa shape index (κ2) is 8.40. The Morgan fingerprint density at radius 3 is 2.79 bits per heavy atom. The molecule has 1 atom stereocenters. The number of carbonyl (C=O) groups excluding carboxylic acids is 1. The molecule has 0 aliphatic carbocycles. The van der Waals surface area contributed by atoms with Crippen molar-refractivity contribution in [1.29, 1.82) is 0 Å². The fourth-order valence-corrected chi connectivity index (χ4v) is 2.17. The highest BCUT2D eigenvalue weighted by Crippen LogP contribution is 2.05. The molecule has 19 heavy (non-hydrogen) atoms. The van der Waals surface area contributed by atoms with E-state index in [1.807, 2.05) is 19.9 Å². The van der Waals surface area contributed by atoms with Crippen LogP contribution in [0, 0.1) is 19.8 Å². The van der Waals surface area contributed by atoms with Crippen LogP contribution in [-0.4, -0.2) is 35.3 Å². The summed E-state index contributed by atoms with van der Waals surface area (Å²) in [5.41, 5.74) is 1.98. The van der Waals surface area contributed by atoms with Gasteiger partial charge < -0.3 is 10.6 Å². The summed E-state index contributed by atoms with van der Waals surface area (Å²) in [5.74, 6) is 0.627. The number of aryl methyl sites for hydroxylation is 2. The fourth-order valence-electron chi connectivity index (χ4n) is 2.17. The summed E-state index contributed by atoms with van der Waals surface area (Å²) in [7, 11) is 0. The Balaban J connectivity index is 0.00000162. The maximum absolute atomic E-state index is 11.7. The zero-order valence-electron chi connectivity index (χ0n) is 11.3. The minimum atomic E-state index is 0. The lowest BCUT2D eigenvalue weighted by atomic mass is 10.1. The van der Waals surface area contributed by atoms with Crippen molar-refractivity contribution >= 4 is 30.7 Å². The predicted molar refractivity (Wildman–Crippen MR) is 80.2 cm³/mol. The van der Waals surface area contributed by atoms with Crippen molar-refractivity contribution in [2.45, 2.75) is 26.8 Å². The normalized spacial score (nSPS) is 17.5. The molecular formula is C12H22Cl2N4O. The van der Waals surface area contributed by atoms with Gasteiger partial charge in [-0.05, 0) is 45.3 Å². The van der Waals surface area contributed by atoms with Gasteiger partial charge in [-0.1, -0.05) is 0 Å². The van der Waals surface area contributed by atoms with E-state index in [1.54, 1.807) is 4.68 Å². The van der Waals surface area contributed by atoms with Gasteiger partial charge >= 0.3 is 0 Å². The molecule has 110 valence electrons. The molecule has 2 heterocycles. The molecule has 2 rings (SSSR count). The van der Waals surface area contributed by atoms with E-state index in [0.717, 1.165) is 37.4 Å². The molecule has 1 aromatic heterocycles. The molecule has 1 aliphatic rings. The lowest BCUT2D eigenvalue weighted by Gasteiger charge is -2.10. The van der Waals surface area contributed by atoms with Gasteiger partial charge in [0.1, 0.15) is 6.54 Å². The first-order valence-electron chi connectivity index (χ1n) is 6.13. The third-order valence-electron chi connectivity index (χ3n) is 3.15. The molecule has 1 aliphatic heterocycles. The molecule has 1 aromatic rings. The van der Waals surface area contributed by atoms with E-state index >= 15 is 0 Å². The van der Waals surface area contributed by atoms with Crippen LogP contribution < -0.4 is 10.6 Å². The second-order valence-electron chi connectivity index (χ2n) is 4.75. The van der Waals surface area contributed by atoms with E-state index in [9.17, 15) is 4.79 Å². The molecule has 7 heteroatoms. The molecule has 0 saturated carbocycles. The highest BCUT2D eigenvalue weighted by molar-refractivity contribution is 5.85. The molecule has 0 radical (unpaired) electrons. The summed E-state index contributed by atoms with van der Waals surface area (Å²) in [4.78, 5) is 11.7. The van der Waals surface area contributed by atoms with E-state index in [0.29, 0.717) is 12.5 Å². The average molecular weight is 309 g/mol. The number of hydrogen-bond acceptors (Lipinski definition) is 3. The maximum Gasteiger partial charge on any atom is 0.241 e. The van der Waals surface area contributed by atoms with Crippen LogP contribution in [0.15, 0.2) is 6.07 Å². The van der Waals surface area contributed by atoms with E-state index in [4.69, 9.17) is 0 Å².